The van der Waals surface area contributed by atoms with Crippen molar-refractivity contribution >= 4 is 8.07 Å². The molecule has 0 aromatic carbocycles. The van der Waals surface area contributed by atoms with E-state index in [-0.39, 0.29) is 5.41 Å². The van der Waals surface area contributed by atoms with E-state index in [9.17, 15) is 10.4 Å². The van der Waals surface area contributed by atoms with E-state index in [4.69, 9.17) is 0 Å². The Bertz CT molecular complexity index is 430. The van der Waals surface area contributed by atoms with Crippen molar-refractivity contribution in [2.75, 3.05) is 0 Å². The third-order valence-electron chi connectivity index (χ3n) is 3.03. The van der Waals surface area contributed by atoms with Crippen molar-refractivity contribution in [2.45, 2.75) is 58.9 Å². The van der Waals surface area contributed by atoms with E-state index >= 15 is 0 Å². The molecule has 0 bridgehead atoms. The second kappa shape index (κ2) is 4.68. The first kappa shape index (κ1) is 15.2. The van der Waals surface area contributed by atoms with Gasteiger partial charge < -0.3 is 5.11 Å². The first-order chi connectivity index (χ1) is 7.94. The molecular formula is C15H25NOSi. The summed E-state index contributed by atoms with van der Waals surface area (Å²) in [5, 5.41) is 19.7. The lowest BCUT2D eigenvalue weighted by Gasteiger charge is -2.38. The van der Waals surface area contributed by atoms with Gasteiger partial charge in [-0.1, -0.05) is 39.2 Å². The zero-order chi connectivity index (χ0) is 14.2. The lowest BCUT2D eigenvalue weighted by molar-refractivity contribution is 0.0485. The van der Waals surface area contributed by atoms with E-state index in [2.05, 4.69) is 45.3 Å². The molecule has 3 heteroatoms. The van der Waals surface area contributed by atoms with E-state index in [1.807, 2.05) is 13.0 Å². The Labute approximate surface area is 112 Å². The van der Waals surface area contributed by atoms with Crippen LogP contribution in [-0.4, -0.2) is 18.8 Å². The van der Waals surface area contributed by atoms with Crippen molar-refractivity contribution < 1.29 is 5.11 Å². The van der Waals surface area contributed by atoms with Crippen LogP contribution in [0.5, 0.6) is 0 Å². The predicted molar refractivity (Wildman–Crippen MR) is 78.8 cm³/mol. The Morgan fingerprint density at radius 1 is 1.39 bits per heavy atom. The first-order valence-electron chi connectivity index (χ1n) is 6.52. The molecule has 0 saturated carbocycles. The third kappa shape index (κ3) is 4.43. The zero-order valence-electron chi connectivity index (χ0n) is 12.5. The second-order valence-corrected chi connectivity index (χ2v) is 12.6. The molecular weight excluding hydrogens is 238 g/mol. The number of rotatable bonds is 2. The van der Waals surface area contributed by atoms with Crippen LogP contribution in [0.15, 0.2) is 22.9 Å². The summed E-state index contributed by atoms with van der Waals surface area (Å²) in [7, 11) is -1.42. The van der Waals surface area contributed by atoms with Crippen molar-refractivity contribution in [3.8, 4) is 6.07 Å². The van der Waals surface area contributed by atoms with Crippen LogP contribution in [0.25, 0.3) is 0 Å². The number of hydrogen-bond donors (Lipinski definition) is 1. The molecule has 0 fully saturated rings. The topological polar surface area (TPSA) is 44.0 Å². The van der Waals surface area contributed by atoms with Gasteiger partial charge in [0.05, 0.1) is 19.7 Å². The van der Waals surface area contributed by atoms with E-state index in [0.717, 1.165) is 24.0 Å². The van der Waals surface area contributed by atoms with Gasteiger partial charge in [0.25, 0.3) is 0 Å². The van der Waals surface area contributed by atoms with Gasteiger partial charge >= 0.3 is 0 Å². The summed E-state index contributed by atoms with van der Waals surface area (Å²) < 4.78 is 0. The van der Waals surface area contributed by atoms with Gasteiger partial charge in [0.15, 0.2) is 0 Å². The van der Waals surface area contributed by atoms with Gasteiger partial charge in [-0.2, -0.15) is 5.26 Å². The van der Waals surface area contributed by atoms with E-state index < -0.39 is 13.7 Å². The Morgan fingerprint density at radius 2 is 1.94 bits per heavy atom. The molecule has 0 spiro atoms. The predicted octanol–water partition coefficient (Wildman–Crippen LogP) is 3.81. The number of nitrogens with zero attached hydrogens (tertiary/aromatic N) is 1. The highest BCUT2D eigenvalue weighted by Crippen LogP contribution is 2.42. The molecule has 1 N–H and O–H groups in total. The maximum atomic E-state index is 10.3. The molecule has 0 aromatic rings. The largest absolute Gasteiger partial charge is 0.386 e. The number of hydrogen-bond acceptors (Lipinski definition) is 2. The summed E-state index contributed by atoms with van der Waals surface area (Å²) in [4.78, 5) is 0. The molecule has 1 aliphatic carbocycles. The molecule has 0 heterocycles. The van der Waals surface area contributed by atoms with Crippen LogP contribution in [-0.2, 0) is 0 Å². The van der Waals surface area contributed by atoms with Crippen molar-refractivity contribution in [3.63, 3.8) is 0 Å². The quantitative estimate of drug-likeness (QED) is 0.608. The van der Waals surface area contributed by atoms with Gasteiger partial charge in [-0.3, -0.25) is 0 Å². The van der Waals surface area contributed by atoms with Crippen molar-refractivity contribution in [1.29, 1.82) is 5.26 Å². The highest BCUT2D eigenvalue weighted by atomic mass is 28.3. The molecule has 0 radical (unpaired) electrons. The fourth-order valence-corrected chi connectivity index (χ4v) is 3.94. The molecule has 2 nitrogen and oxygen atoms in total. The Morgan fingerprint density at radius 3 is 2.33 bits per heavy atom. The maximum absolute atomic E-state index is 10.3. The summed E-state index contributed by atoms with van der Waals surface area (Å²) >= 11 is 0. The maximum Gasteiger partial charge on any atom is 0.0986 e. The Balaban J connectivity index is 3.20. The molecule has 1 aliphatic rings. The van der Waals surface area contributed by atoms with E-state index in [1.54, 1.807) is 0 Å². The number of aliphatic hydroxyl groups is 1. The van der Waals surface area contributed by atoms with Crippen LogP contribution in [0.4, 0.5) is 0 Å². The summed E-state index contributed by atoms with van der Waals surface area (Å²) in [5.74, 6) is 0. The molecule has 1 rings (SSSR count). The highest BCUT2D eigenvalue weighted by molar-refractivity contribution is 6.81. The lowest BCUT2D eigenvalue weighted by atomic mass is 9.70. The molecule has 18 heavy (non-hydrogen) atoms. The molecule has 1 atom stereocenters. The minimum absolute atomic E-state index is 0.0446. The highest BCUT2D eigenvalue weighted by Gasteiger charge is 2.35. The molecule has 100 valence electrons. The fraction of sp³-hybridized carbons (Fsp3) is 0.667. The Hall–Kier alpha value is -0.853. The second-order valence-electron chi connectivity index (χ2n) is 7.58. The van der Waals surface area contributed by atoms with Crippen LogP contribution in [0.1, 0.15) is 33.6 Å². The molecule has 0 saturated heterocycles. The number of allylic oxidation sites excluding steroid dienone is 2. The van der Waals surface area contributed by atoms with Crippen LogP contribution < -0.4 is 0 Å². The SMILES string of the molecule is CC1(O)C=C(C(C#N)=C[Si](C)(C)C)CC(C)(C)C1. The molecule has 1 unspecified atom stereocenters. The standard InChI is InChI=1S/C15H25NOSi/c1-14(2)7-12(8-15(3,17)11-14)13(9-16)10-18(4,5)6/h8,10,17H,7,11H2,1-6H3. The number of nitriles is 1. The smallest absolute Gasteiger partial charge is 0.0986 e. The van der Waals surface area contributed by atoms with Crippen LogP contribution in [0.2, 0.25) is 19.6 Å². The lowest BCUT2D eigenvalue weighted by Crippen LogP contribution is -2.34. The molecule has 0 aliphatic heterocycles. The van der Waals surface area contributed by atoms with Gasteiger partial charge in [-0.25, -0.2) is 0 Å². The van der Waals surface area contributed by atoms with Crippen LogP contribution in [0.3, 0.4) is 0 Å². The zero-order valence-corrected chi connectivity index (χ0v) is 13.5. The van der Waals surface area contributed by atoms with E-state index in [1.165, 1.54) is 0 Å². The molecule has 0 amide bonds. The van der Waals surface area contributed by atoms with Gasteiger partial charge in [0.1, 0.15) is 0 Å². The normalized spacial score (nSPS) is 28.6. The fourth-order valence-electron chi connectivity index (χ4n) is 2.83. The summed E-state index contributed by atoms with van der Waals surface area (Å²) in [5.41, 5.74) is 3.16. The Kier molecular flexibility index (Phi) is 3.95. The van der Waals surface area contributed by atoms with Crippen LogP contribution in [0, 0.1) is 16.7 Å². The average molecular weight is 263 g/mol. The van der Waals surface area contributed by atoms with Crippen molar-refractivity contribution in [3.05, 3.63) is 22.9 Å². The minimum Gasteiger partial charge on any atom is -0.386 e. The molecule has 0 aromatic heterocycles. The minimum atomic E-state index is -1.42. The summed E-state index contributed by atoms with van der Waals surface area (Å²) in [6.07, 6.45) is 3.50. The van der Waals surface area contributed by atoms with Crippen molar-refractivity contribution in [1.82, 2.24) is 0 Å². The van der Waals surface area contributed by atoms with Gasteiger partial charge in [0, 0.05) is 5.57 Å². The average Bonchev–Trinajstić information content (AvgIpc) is 2.07. The summed E-state index contributed by atoms with van der Waals surface area (Å²) in [6, 6.07) is 2.32. The first-order valence-corrected chi connectivity index (χ1v) is 10.1. The summed E-state index contributed by atoms with van der Waals surface area (Å²) in [6.45, 7) is 12.8. The van der Waals surface area contributed by atoms with Gasteiger partial charge in [0.2, 0.25) is 0 Å². The monoisotopic (exact) mass is 263 g/mol. The van der Waals surface area contributed by atoms with Crippen molar-refractivity contribution in [2.24, 2.45) is 5.41 Å². The van der Waals surface area contributed by atoms with Crippen LogP contribution >= 0.6 is 0 Å². The van der Waals surface area contributed by atoms with Gasteiger partial charge in [-0.15, -0.1) is 0 Å². The van der Waals surface area contributed by atoms with E-state index in [0.29, 0.717) is 0 Å². The third-order valence-corrected chi connectivity index (χ3v) is 4.19. The van der Waals surface area contributed by atoms with Gasteiger partial charge in [-0.05, 0) is 36.8 Å².